The van der Waals surface area contributed by atoms with Gasteiger partial charge in [-0.05, 0) is 26.3 Å². The van der Waals surface area contributed by atoms with Crippen molar-refractivity contribution in [3.05, 3.63) is 17.5 Å². The topological polar surface area (TPSA) is 55.1 Å². The second-order valence-electron chi connectivity index (χ2n) is 2.89. The Morgan fingerprint density at radius 1 is 1.67 bits per heavy atom. The van der Waals surface area contributed by atoms with Gasteiger partial charge in [-0.1, -0.05) is 0 Å². The van der Waals surface area contributed by atoms with Crippen molar-refractivity contribution in [3.8, 4) is 0 Å². The lowest BCUT2D eigenvalue weighted by molar-refractivity contribution is -0.140. The summed E-state index contributed by atoms with van der Waals surface area (Å²) in [5.74, 6) is -0.863. The number of carboxylic acid groups (broad SMARTS) is 1. The molecule has 1 aromatic rings. The largest absolute Gasteiger partial charge is 0.480 e. The van der Waals surface area contributed by atoms with Gasteiger partial charge in [-0.3, -0.25) is 4.68 Å². The summed E-state index contributed by atoms with van der Waals surface area (Å²) < 4.78 is 1.47. The van der Waals surface area contributed by atoms with E-state index in [-0.39, 0.29) is 0 Å². The zero-order chi connectivity index (χ0) is 9.30. The quantitative estimate of drug-likeness (QED) is 0.720. The molecule has 1 atom stereocenters. The molecule has 4 nitrogen and oxygen atoms in total. The Balaban J connectivity index is 2.96. The van der Waals surface area contributed by atoms with Crippen LogP contribution in [0.15, 0.2) is 6.20 Å². The van der Waals surface area contributed by atoms with Crippen LogP contribution in [0.4, 0.5) is 0 Å². The molecule has 0 fully saturated rings. The van der Waals surface area contributed by atoms with Crippen LogP contribution in [-0.4, -0.2) is 20.9 Å². The van der Waals surface area contributed by atoms with Gasteiger partial charge in [-0.2, -0.15) is 5.10 Å². The molecule has 0 radical (unpaired) electrons. The van der Waals surface area contributed by atoms with Crippen LogP contribution in [0.2, 0.25) is 0 Å². The Labute approximate surface area is 70.8 Å². The second-order valence-corrected chi connectivity index (χ2v) is 2.89. The summed E-state index contributed by atoms with van der Waals surface area (Å²) in [6.07, 6.45) is 1.74. The first-order valence-electron chi connectivity index (χ1n) is 3.77. The third-order valence-corrected chi connectivity index (χ3v) is 1.92. The van der Waals surface area contributed by atoms with E-state index in [0.29, 0.717) is 0 Å². The molecule has 1 heterocycles. The Bertz CT molecular complexity index is 285. The molecule has 0 saturated heterocycles. The molecule has 12 heavy (non-hydrogen) atoms. The fourth-order valence-corrected chi connectivity index (χ4v) is 0.884. The number of nitrogens with zero attached hydrogens (tertiary/aromatic N) is 2. The highest BCUT2D eigenvalue weighted by Gasteiger charge is 2.14. The highest BCUT2D eigenvalue weighted by Crippen LogP contribution is 2.09. The summed E-state index contributed by atoms with van der Waals surface area (Å²) in [6.45, 7) is 5.38. The number of hydrogen-bond acceptors (Lipinski definition) is 2. The van der Waals surface area contributed by atoms with Gasteiger partial charge in [-0.15, -0.1) is 0 Å². The zero-order valence-corrected chi connectivity index (χ0v) is 7.40. The van der Waals surface area contributed by atoms with E-state index in [2.05, 4.69) is 5.10 Å². The fraction of sp³-hybridized carbons (Fsp3) is 0.500. The maximum absolute atomic E-state index is 10.6. The van der Waals surface area contributed by atoms with Crippen molar-refractivity contribution < 1.29 is 9.90 Å². The van der Waals surface area contributed by atoms with E-state index < -0.39 is 12.0 Å². The summed E-state index contributed by atoms with van der Waals surface area (Å²) in [6, 6.07) is -0.586. The highest BCUT2D eigenvalue weighted by molar-refractivity contribution is 5.71. The predicted octanol–water partition coefficient (Wildman–Crippen LogP) is 1.15. The predicted molar refractivity (Wildman–Crippen MR) is 44.0 cm³/mol. The first-order chi connectivity index (χ1) is 5.52. The van der Waals surface area contributed by atoms with Gasteiger partial charge in [0.2, 0.25) is 0 Å². The Morgan fingerprint density at radius 3 is 2.58 bits per heavy atom. The number of aliphatic carboxylic acids is 1. The molecule has 0 aromatic carbocycles. The number of carboxylic acids is 1. The summed E-state index contributed by atoms with van der Waals surface area (Å²) in [5.41, 5.74) is 1.89. The molecule has 1 unspecified atom stereocenters. The molecule has 1 N–H and O–H groups in total. The van der Waals surface area contributed by atoms with Gasteiger partial charge < -0.3 is 5.11 Å². The van der Waals surface area contributed by atoms with Crippen molar-refractivity contribution in [2.24, 2.45) is 0 Å². The van der Waals surface area contributed by atoms with E-state index in [4.69, 9.17) is 5.11 Å². The number of hydrogen-bond donors (Lipinski definition) is 1. The summed E-state index contributed by atoms with van der Waals surface area (Å²) in [5, 5.41) is 12.7. The lowest BCUT2D eigenvalue weighted by atomic mass is 10.3. The number of aryl methyl sites for hydroxylation is 2. The maximum Gasteiger partial charge on any atom is 0.328 e. The van der Waals surface area contributed by atoms with Crippen LogP contribution >= 0.6 is 0 Å². The lowest BCUT2D eigenvalue weighted by Gasteiger charge is -2.04. The number of carbonyl (C=O) groups is 1. The van der Waals surface area contributed by atoms with Gasteiger partial charge in [0.25, 0.3) is 0 Å². The van der Waals surface area contributed by atoms with Crippen LogP contribution in [0.1, 0.15) is 24.2 Å². The molecule has 0 saturated carbocycles. The normalized spacial score (nSPS) is 12.9. The average molecular weight is 168 g/mol. The van der Waals surface area contributed by atoms with Crippen LogP contribution < -0.4 is 0 Å². The SMILES string of the molecule is Cc1cn(C(C)C(=O)O)nc1C. The van der Waals surface area contributed by atoms with E-state index in [0.717, 1.165) is 11.3 Å². The fourth-order valence-electron chi connectivity index (χ4n) is 0.884. The Morgan fingerprint density at radius 2 is 2.25 bits per heavy atom. The molecule has 0 bridgehead atoms. The molecule has 66 valence electrons. The Hall–Kier alpha value is -1.32. The van der Waals surface area contributed by atoms with Crippen molar-refractivity contribution >= 4 is 5.97 Å². The molecule has 0 aliphatic heterocycles. The van der Waals surface area contributed by atoms with Crippen LogP contribution in [0.25, 0.3) is 0 Å². The molecule has 0 spiro atoms. The standard InChI is InChI=1S/C8H12N2O2/c1-5-4-10(9-6(5)2)7(3)8(11)12/h4,7H,1-3H3,(H,11,12). The monoisotopic (exact) mass is 168 g/mol. The average Bonchev–Trinajstić information content (AvgIpc) is 2.30. The van der Waals surface area contributed by atoms with Gasteiger partial charge in [0.05, 0.1) is 5.69 Å². The summed E-state index contributed by atoms with van der Waals surface area (Å²) >= 11 is 0. The van der Waals surface area contributed by atoms with E-state index in [9.17, 15) is 4.79 Å². The molecule has 1 rings (SSSR count). The van der Waals surface area contributed by atoms with Gasteiger partial charge in [0.15, 0.2) is 0 Å². The van der Waals surface area contributed by atoms with E-state index in [1.54, 1.807) is 13.1 Å². The molecule has 0 aliphatic carbocycles. The molecular weight excluding hydrogens is 156 g/mol. The van der Waals surface area contributed by atoms with Crippen molar-refractivity contribution in [1.29, 1.82) is 0 Å². The minimum atomic E-state index is -0.863. The molecule has 4 heteroatoms. The van der Waals surface area contributed by atoms with E-state index in [1.807, 2.05) is 13.8 Å². The first kappa shape index (κ1) is 8.77. The lowest BCUT2D eigenvalue weighted by Crippen LogP contribution is -2.15. The summed E-state index contributed by atoms with van der Waals surface area (Å²) in [4.78, 5) is 10.6. The maximum atomic E-state index is 10.6. The van der Waals surface area contributed by atoms with Gasteiger partial charge >= 0.3 is 5.97 Å². The molecule has 0 amide bonds. The third kappa shape index (κ3) is 1.47. The Kier molecular flexibility index (Phi) is 2.17. The van der Waals surface area contributed by atoms with Crippen molar-refractivity contribution in [1.82, 2.24) is 9.78 Å². The zero-order valence-electron chi connectivity index (χ0n) is 7.40. The van der Waals surface area contributed by atoms with E-state index >= 15 is 0 Å². The smallest absolute Gasteiger partial charge is 0.328 e. The van der Waals surface area contributed by atoms with Crippen molar-refractivity contribution in [3.63, 3.8) is 0 Å². The minimum Gasteiger partial charge on any atom is -0.480 e. The third-order valence-electron chi connectivity index (χ3n) is 1.92. The van der Waals surface area contributed by atoms with Crippen molar-refractivity contribution in [2.45, 2.75) is 26.8 Å². The van der Waals surface area contributed by atoms with Crippen LogP contribution in [0, 0.1) is 13.8 Å². The van der Waals surface area contributed by atoms with Crippen LogP contribution in [0.5, 0.6) is 0 Å². The second kappa shape index (κ2) is 2.97. The first-order valence-corrected chi connectivity index (χ1v) is 3.77. The highest BCUT2D eigenvalue weighted by atomic mass is 16.4. The van der Waals surface area contributed by atoms with Gasteiger partial charge in [0, 0.05) is 6.20 Å². The van der Waals surface area contributed by atoms with Gasteiger partial charge in [-0.25, -0.2) is 4.79 Å². The number of rotatable bonds is 2. The van der Waals surface area contributed by atoms with Crippen LogP contribution in [-0.2, 0) is 4.79 Å². The molecular formula is C8H12N2O2. The number of aromatic nitrogens is 2. The minimum absolute atomic E-state index is 0.586. The van der Waals surface area contributed by atoms with Crippen LogP contribution in [0.3, 0.4) is 0 Å². The summed E-state index contributed by atoms with van der Waals surface area (Å²) in [7, 11) is 0. The molecule has 0 aliphatic rings. The van der Waals surface area contributed by atoms with Crippen molar-refractivity contribution in [2.75, 3.05) is 0 Å². The van der Waals surface area contributed by atoms with Gasteiger partial charge in [0.1, 0.15) is 6.04 Å². The van der Waals surface area contributed by atoms with E-state index in [1.165, 1.54) is 4.68 Å². The molecule has 1 aromatic heterocycles.